The van der Waals surface area contributed by atoms with E-state index in [1.165, 1.54) is 6.07 Å². The van der Waals surface area contributed by atoms with Crippen LogP contribution in [0.5, 0.6) is 0 Å². The van der Waals surface area contributed by atoms with Crippen molar-refractivity contribution in [1.82, 2.24) is 10.2 Å². The summed E-state index contributed by atoms with van der Waals surface area (Å²) in [4.78, 5) is 1.88. The predicted molar refractivity (Wildman–Crippen MR) is 63.3 cm³/mol. The molecule has 0 amide bonds. The van der Waals surface area contributed by atoms with E-state index in [9.17, 15) is 13.2 Å². The number of aromatic nitrogens is 2. The van der Waals surface area contributed by atoms with Gasteiger partial charge in [-0.3, -0.25) is 0 Å². The van der Waals surface area contributed by atoms with Crippen LogP contribution in [0.4, 0.5) is 19.0 Å². The van der Waals surface area contributed by atoms with Gasteiger partial charge >= 0.3 is 6.18 Å². The molecule has 0 N–H and O–H groups in total. The van der Waals surface area contributed by atoms with Gasteiger partial charge in [0.25, 0.3) is 0 Å². The molecule has 0 aromatic carbocycles. The van der Waals surface area contributed by atoms with Crippen LogP contribution >= 0.6 is 15.9 Å². The van der Waals surface area contributed by atoms with Crippen LogP contribution in [0.2, 0.25) is 0 Å². The lowest BCUT2D eigenvalue weighted by Crippen LogP contribution is -2.26. The number of anilines is 1. The number of rotatable bonds is 5. The highest BCUT2D eigenvalue weighted by Crippen LogP contribution is 2.27. The zero-order valence-corrected chi connectivity index (χ0v) is 10.9. The molecule has 0 spiro atoms. The van der Waals surface area contributed by atoms with Gasteiger partial charge in [0.05, 0.1) is 0 Å². The van der Waals surface area contributed by atoms with E-state index in [-0.39, 0.29) is 0 Å². The lowest BCUT2D eigenvalue weighted by atomic mass is 10.3. The molecular formula is C10H13BrF3N3. The zero-order valence-electron chi connectivity index (χ0n) is 9.34. The Labute approximate surface area is 106 Å². The Kier molecular flexibility index (Phi) is 5.17. The van der Waals surface area contributed by atoms with Gasteiger partial charge in [0.2, 0.25) is 0 Å². The first-order chi connectivity index (χ1) is 7.99. The third-order valence-corrected chi connectivity index (χ3v) is 2.77. The van der Waals surface area contributed by atoms with Crippen LogP contribution in [-0.2, 0) is 6.18 Å². The minimum atomic E-state index is -4.43. The molecule has 1 aromatic heterocycles. The zero-order chi connectivity index (χ0) is 12.9. The molecule has 0 aliphatic carbocycles. The second-order valence-electron chi connectivity index (χ2n) is 3.40. The van der Waals surface area contributed by atoms with Crippen LogP contribution in [0.3, 0.4) is 0 Å². The molecule has 0 radical (unpaired) electrons. The van der Waals surface area contributed by atoms with E-state index in [2.05, 4.69) is 26.1 Å². The first-order valence-corrected chi connectivity index (χ1v) is 6.33. The fraction of sp³-hybridized carbons (Fsp3) is 0.600. The number of alkyl halides is 4. The van der Waals surface area contributed by atoms with Crippen molar-refractivity contribution in [3.8, 4) is 0 Å². The first-order valence-electron chi connectivity index (χ1n) is 5.21. The number of hydrogen-bond acceptors (Lipinski definition) is 3. The predicted octanol–water partition coefficient (Wildman–Crippen LogP) is 3.11. The van der Waals surface area contributed by atoms with Gasteiger partial charge in [-0.15, -0.1) is 10.2 Å². The summed E-state index contributed by atoms with van der Waals surface area (Å²) in [5.41, 5.74) is -0.960. The Hall–Kier alpha value is -0.850. The Balaban J connectivity index is 2.78. The molecule has 0 unspecified atom stereocenters. The van der Waals surface area contributed by atoms with Crippen LogP contribution in [0.15, 0.2) is 12.1 Å². The fourth-order valence-electron chi connectivity index (χ4n) is 1.33. The van der Waals surface area contributed by atoms with E-state index in [1.54, 1.807) is 0 Å². The molecule has 1 aromatic rings. The van der Waals surface area contributed by atoms with Crippen molar-refractivity contribution in [3.63, 3.8) is 0 Å². The van der Waals surface area contributed by atoms with Gasteiger partial charge < -0.3 is 4.90 Å². The van der Waals surface area contributed by atoms with Crippen molar-refractivity contribution in [2.45, 2.75) is 19.5 Å². The Morgan fingerprint density at radius 3 is 2.41 bits per heavy atom. The normalized spacial score (nSPS) is 11.6. The van der Waals surface area contributed by atoms with E-state index in [0.29, 0.717) is 12.4 Å². The maximum Gasteiger partial charge on any atom is 0.435 e. The van der Waals surface area contributed by atoms with E-state index >= 15 is 0 Å². The summed E-state index contributed by atoms with van der Waals surface area (Å²) in [6.07, 6.45) is -3.53. The van der Waals surface area contributed by atoms with Crippen molar-refractivity contribution < 1.29 is 13.2 Å². The molecule has 7 heteroatoms. The minimum Gasteiger partial charge on any atom is -0.355 e. The van der Waals surface area contributed by atoms with Crippen molar-refractivity contribution in [3.05, 3.63) is 17.8 Å². The van der Waals surface area contributed by atoms with Crippen LogP contribution in [0, 0.1) is 0 Å². The molecule has 0 aliphatic heterocycles. The van der Waals surface area contributed by atoms with Crippen LogP contribution in [-0.4, -0.2) is 28.6 Å². The lowest BCUT2D eigenvalue weighted by Gasteiger charge is -2.20. The molecule has 0 atom stereocenters. The summed E-state index contributed by atoms with van der Waals surface area (Å²) in [6, 6.07) is 2.31. The second kappa shape index (κ2) is 6.18. The summed E-state index contributed by atoms with van der Waals surface area (Å²) < 4.78 is 36.8. The second-order valence-corrected chi connectivity index (χ2v) is 4.19. The van der Waals surface area contributed by atoms with E-state index in [0.717, 1.165) is 24.4 Å². The number of nitrogens with zero attached hydrogens (tertiary/aromatic N) is 3. The standard InChI is InChI=1S/C10H13BrF3N3/c1-2-17(7-3-6-11)9-5-4-8(15-16-9)10(12,13)14/h4-5H,2-3,6-7H2,1H3. The topological polar surface area (TPSA) is 29.0 Å². The van der Waals surface area contributed by atoms with Crippen LogP contribution < -0.4 is 4.90 Å². The molecule has 0 bridgehead atoms. The molecule has 1 rings (SSSR count). The fourth-order valence-corrected chi connectivity index (χ4v) is 1.58. The monoisotopic (exact) mass is 311 g/mol. The molecule has 1 heterocycles. The van der Waals surface area contributed by atoms with E-state index < -0.39 is 11.9 Å². The molecular weight excluding hydrogens is 299 g/mol. The summed E-state index contributed by atoms with van der Waals surface area (Å²) in [5, 5.41) is 7.65. The van der Waals surface area contributed by atoms with E-state index in [1.807, 2.05) is 11.8 Å². The number of hydrogen-bond donors (Lipinski definition) is 0. The van der Waals surface area contributed by atoms with Crippen LogP contribution in [0.1, 0.15) is 19.0 Å². The van der Waals surface area contributed by atoms with Crippen LogP contribution in [0.25, 0.3) is 0 Å². The summed E-state index contributed by atoms with van der Waals surface area (Å²) >= 11 is 3.31. The van der Waals surface area contributed by atoms with Crippen molar-refractivity contribution in [2.75, 3.05) is 23.3 Å². The summed E-state index contributed by atoms with van der Waals surface area (Å²) in [6.45, 7) is 3.35. The van der Waals surface area contributed by atoms with E-state index in [4.69, 9.17) is 0 Å². The maximum atomic E-state index is 12.3. The first kappa shape index (κ1) is 14.2. The molecule has 0 aliphatic rings. The molecule has 0 saturated heterocycles. The van der Waals surface area contributed by atoms with Gasteiger partial charge in [-0.05, 0) is 25.5 Å². The highest BCUT2D eigenvalue weighted by Gasteiger charge is 2.33. The third-order valence-electron chi connectivity index (χ3n) is 2.21. The smallest absolute Gasteiger partial charge is 0.355 e. The number of halogens is 4. The molecule has 0 saturated carbocycles. The SMILES string of the molecule is CCN(CCCBr)c1ccc(C(F)(F)F)nn1. The Morgan fingerprint density at radius 2 is 2.00 bits per heavy atom. The van der Waals surface area contributed by atoms with Gasteiger partial charge in [-0.2, -0.15) is 13.2 Å². The third kappa shape index (κ3) is 4.14. The van der Waals surface area contributed by atoms with Crippen molar-refractivity contribution in [1.29, 1.82) is 0 Å². The van der Waals surface area contributed by atoms with Gasteiger partial charge in [-0.25, -0.2) is 0 Å². The summed E-state index contributed by atoms with van der Waals surface area (Å²) in [5.74, 6) is 0.474. The highest BCUT2D eigenvalue weighted by atomic mass is 79.9. The van der Waals surface area contributed by atoms with Gasteiger partial charge in [-0.1, -0.05) is 15.9 Å². The van der Waals surface area contributed by atoms with Gasteiger partial charge in [0.1, 0.15) is 0 Å². The molecule has 96 valence electrons. The average molecular weight is 312 g/mol. The van der Waals surface area contributed by atoms with Crippen molar-refractivity contribution in [2.24, 2.45) is 0 Å². The average Bonchev–Trinajstić information content (AvgIpc) is 2.29. The lowest BCUT2D eigenvalue weighted by molar-refractivity contribution is -0.141. The largest absolute Gasteiger partial charge is 0.435 e. The molecule has 17 heavy (non-hydrogen) atoms. The van der Waals surface area contributed by atoms with Crippen molar-refractivity contribution >= 4 is 21.7 Å². The maximum absolute atomic E-state index is 12.3. The minimum absolute atomic E-state index is 0.474. The van der Waals surface area contributed by atoms with Gasteiger partial charge in [0, 0.05) is 18.4 Å². The summed E-state index contributed by atoms with van der Waals surface area (Å²) in [7, 11) is 0. The Bertz CT molecular complexity index is 340. The molecule has 0 fully saturated rings. The Morgan fingerprint density at radius 1 is 1.29 bits per heavy atom. The van der Waals surface area contributed by atoms with Gasteiger partial charge in [0.15, 0.2) is 11.5 Å². The quantitative estimate of drug-likeness (QED) is 0.782. The molecule has 3 nitrogen and oxygen atoms in total. The highest BCUT2D eigenvalue weighted by molar-refractivity contribution is 9.09.